The van der Waals surface area contributed by atoms with Crippen molar-refractivity contribution in [3.05, 3.63) is 12.2 Å². The monoisotopic (exact) mass is 474 g/mol. The van der Waals surface area contributed by atoms with Gasteiger partial charge in [-0.15, -0.1) is 0 Å². The zero-order valence-electron chi connectivity index (χ0n) is 22.2. The molecule has 0 saturated heterocycles. The van der Waals surface area contributed by atoms with Crippen LogP contribution in [0.15, 0.2) is 12.2 Å². The number of nitrogens with zero attached hydrogens (tertiary/aromatic N) is 1. The standard InChI is InChI=1S/C27H56NO3P/c1-5-6-7-8-9-10-11-12-13-14-15-16-17-18-19-20-21-22-23-24-26-31-32(29,30)27-25-28(2,3)4/h12-13H,5-11,14-27H2,1-4H3/p+1. The van der Waals surface area contributed by atoms with E-state index in [-0.39, 0.29) is 6.16 Å². The summed E-state index contributed by atoms with van der Waals surface area (Å²) >= 11 is 0. The summed E-state index contributed by atoms with van der Waals surface area (Å²) in [7, 11) is 2.67. The van der Waals surface area contributed by atoms with Crippen molar-refractivity contribution in [2.24, 2.45) is 0 Å². The molecule has 0 heterocycles. The molecule has 0 saturated carbocycles. The molecule has 0 aromatic carbocycles. The molecule has 32 heavy (non-hydrogen) atoms. The van der Waals surface area contributed by atoms with E-state index in [9.17, 15) is 9.46 Å². The van der Waals surface area contributed by atoms with E-state index in [1.807, 2.05) is 21.1 Å². The van der Waals surface area contributed by atoms with Crippen molar-refractivity contribution in [3.8, 4) is 0 Å². The maximum Gasteiger partial charge on any atom is 0.333 e. The van der Waals surface area contributed by atoms with Crippen LogP contribution in [0, 0.1) is 0 Å². The van der Waals surface area contributed by atoms with E-state index >= 15 is 0 Å². The van der Waals surface area contributed by atoms with Crippen LogP contribution < -0.4 is 0 Å². The molecule has 1 unspecified atom stereocenters. The van der Waals surface area contributed by atoms with Gasteiger partial charge in [-0.2, -0.15) is 0 Å². The second-order valence-corrected chi connectivity index (χ2v) is 12.5. The molecule has 0 aromatic heterocycles. The van der Waals surface area contributed by atoms with Gasteiger partial charge in [-0.25, -0.2) is 0 Å². The third-order valence-corrected chi connectivity index (χ3v) is 7.35. The smallest absolute Gasteiger partial charge is 0.330 e. The highest BCUT2D eigenvalue weighted by molar-refractivity contribution is 7.52. The zero-order chi connectivity index (χ0) is 24.0. The number of quaternary nitrogens is 1. The Morgan fingerprint density at radius 2 is 1.09 bits per heavy atom. The van der Waals surface area contributed by atoms with Crippen LogP contribution in [0.1, 0.15) is 122 Å². The van der Waals surface area contributed by atoms with E-state index in [2.05, 4.69) is 19.1 Å². The van der Waals surface area contributed by atoms with Crippen LogP contribution >= 0.6 is 7.60 Å². The summed E-state index contributed by atoms with van der Waals surface area (Å²) in [5.41, 5.74) is 0. The third kappa shape index (κ3) is 26.1. The van der Waals surface area contributed by atoms with Crippen LogP contribution in [0.25, 0.3) is 0 Å². The molecule has 0 aliphatic heterocycles. The molecule has 1 N–H and O–H groups in total. The molecule has 0 rings (SSSR count). The SMILES string of the molecule is CCCCCCCCC=CCCCCCCCCCCCCOP(=O)(O)CC[N+](C)(C)C. The Hall–Kier alpha value is -0.150. The summed E-state index contributed by atoms with van der Waals surface area (Å²) in [5.74, 6) is 0. The Morgan fingerprint density at radius 1 is 0.688 bits per heavy atom. The van der Waals surface area contributed by atoms with Gasteiger partial charge in [-0.05, 0) is 32.1 Å². The first-order chi connectivity index (χ1) is 15.3. The highest BCUT2D eigenvalue weighted by Gasteiger charge is 2.22. The molecule has 4 nitrogen and oxygen atoms in total. The summed E-state index contributed by atoms with van der Waals surface area (Å²) in [5, 5.41) is 0. The normalized spacial score (nSPS) is 14.3. The summed E-state index contributed by atoms with van der Waals surface area (Å²) in [4.78, 5) is 9.86. The van der Waals surface area contributed by atoms with Crippen molar-refractivity contribution in [2.45, 2.75) is 122 Å². The topological polar surface area (TPSA) is 46.5 Å². The maximum absolute atomic E-state index is 12.0. The molecule has 192 valence electrons. The average molecular weight is 475 g/mol. The fourth-order valence-corrected chi connectivity index (χ4v) is 5.15. The summed E-state index contributed by atoms with van der Waals surface area (Å²) in [6.07, 6.45) is 28.5. The van der Waals surface area contributed by atoms with Gasteiger partial charge >= 0.3 is 7.60 Å². The molecular weight excluding hydrogens is 417 g/mol. The summed E-state index contributed by atoms with van der Waals surface area (Å²) in [6, 6.07) is 0. The second kappa shape index (κ2) is 21.4. The first-order valence-corrected chi connectivity index (χ1v) is 15.4. The minimum Gasteiger partial charge on any atom is -0.330 e. The molecule has 0 amide bonds. The lowest BCUT2D eigenvalue weighted by Gasteiger charge is -2.24. The third-order valence-electron chi connectivity index (χ3n) is 6.00. The molecular formula is C27H57NO3P+. The predicted molar refractivity (Wildman–Crippen MR) is 141 cm³/mol. The van der Waals surface area contributed by atoms with E-state index < -0.39 is 7.60 Å². The van der Waals surface area contributed by atoms with Gasteiger partial charge < -0.3 is 13.9 Å². The molecule has 1 atom stereocenters. The Bertz CT molecular complexity index is 474. The van der Waals surface area contributed by atoms with Crippen molar-refractivity contribution >= 4 is 7.60 Å². The van der Waals surface area contributed by atoms with Gasteiger partial charge in [0.2, 0.25) is 0 Å². The van der Waals surface area contributed by atoms with Crippen LogP contribution in [0.3, 0.4) is 0 Å². The zero-order valence-corrected chi connectivity index (χ0v) is 23.1. The number of rotatable bonds is 24. The predicted octanol–water partition coefficient (Wildman–Crippen LogP) is 8.49. The van der Waals surface area contributed by atoms with E-state index in [0.29, 0.717) is 17.6 Å². The first-order valence-electron chi connectivity index (χ1n) is 13.7. The van der Waals surface area contributed by atoms with Gasteiger partial charge in [-0.3, -0.25) is 4.57 Å². The van der Waals surface area contributed by atoms with Crippen molar-refractivity contribution < 1.29 is 18.5 Å². The maximum atomic E-state index is 12.0. The van der Waals surface area contributed by atoms with Crippen LogP contribution in [0.5, 0.6) is 0 Å². The number of hydrogen-bond donors (Lipinski definition) is 1. The van der Waals surface area contributed by atoms with Crippen molar-refractivity contribution in [3.63, 3.8) is 0 Å². The van der Waals surface area contributed by atoms with Gasteiger partial charge in [0, 0.05) is 0 Å². The average Bonchev–Trinajstić information content (AvgIpc) is 2.73. The van der Waals surface area contributed by atoms with E-state index in [0.717, 1.165) is 12.8 Å². The lowest BCUT2D eigenvalue weighted by atomic mass is 10.1. The lowest BCUT2D eigenvalue weighted by molar-refractivity contribution is -0.867. The minimum atomic E-state index is -3.40. The van der Waals surface area contributed by atoms with Gasteiger partial charge in [-0.1, -0.05) is 103 Å². The van der Waals surface area contributed by atoms with Crippen LogP contribution in [-0.2, 0) is 9.09 Å². The van der Waals surface area contributed by atoms with Gasteiger partial charge in [0.15, 0.2) is 0 Å². The van der Waals surface area contributed by atoms with Gasteiger partial charge in [0.1, 0.15) is 0 Å². The molecule has 0 aliphatic carbocycles. The highest BCUT2D eigenvalue weighted by atomic mass is 31.2. The molecule has 0 fully saturated rings. The van der Waals surface area contributed by atoms with E-state index in [1.54, 1.807) is 0 Å². The van der Waals surface area contributed by atoms with Gasteiger partial charge in [0.05, 0.1) is 40.5 Å². The molecule has 0 bridgehead atoms. The van der Waals surface area contributed by atoms with Gasteiger partial charge in [0.25, 0.3) is 0 Å². The fourth-order valence-electron chi connectivity index (χ4n) is 3.75. The molecule has 0 spiro atoms. The molecule has 0 aromatic rings. The van der Waals surface area contributed by atoms with Crippen LogP contribution in [0.2, 0.25) is 0 Å². The largest absolute Gasteiger partial charge is 0.333 e. The van der Waals surface area contributed by atoms with Crippen LogP contribution in [0.4, 0.5) is 0 Å². The molecule has 0 radical (unpaired) electrons. The number of allylic oxidation sites excluding steroid dienone is 2. The Kier molecular flexibility index (Phi) is 21.3. The quantitative estimate of drug-likeness (QED) is 0.0660. The summed E-state index contributed by atoms with van der Waals surface area (Å²) < 4.78 is 17.9. The molecule has 0 aliphatic rings. The number of hydrogen-bond acceptors (Lipinski definition) is 2. The Balaban J connectivity index is 3.28. The van der Waals surface area contributed by atoms with Crippen molar-refractivity contribution in [2.75, 3.05) is 40.5 Å². The highest BCUT2D eigenvalue weighted by Crippen LogP contribution is 2.41. The lowest BCUT2D eigenvalue weighted by Crippen LogP contribution is -2.37. The molecule has 5 heteroatoms. The van der Waals surface area contributed by atoms with Crippen LogP contribution in [-0.4, -0.2) is 49.8 Å². The second-order valence-electron chi connectivity index (χ2n) is 10.6. The number of unbranched alkanes of at least 4 members (excludes halogenated alkanes) is 16. The Morgan fingerprint density at radius 3 is 1.53 bits per heavy atom. The van der Waals surface area contributed by atoms with Crippen molar-refractivity contribution in [1.29, 1.82) is 0 Å². The Labute approximate surface area is 201 Å². The van der Waals surface area contributed by atoms with Crippen molar-refractivity contribution in [1.82, 2.24) is 0 Å². The van der Waals surface area contributed by atoms with E-state index in [1.165, 1.54) is 103 Å². The van der Waals surface area contributed by atoms with E-state index in [4.69, 9.17) is 4.52 Å². The summed E-state index contributed by atoms with van der Waals surface area (Å²) in [6.45, 7) is 3.35. The minimum absolute atomic E-state index is 0.242. The first kappa shape index (κ1) is 31.9. The fraction of sp³-hybridized carbons (Fsp3) is 0.926.